The lowest BCUT2D eigenvalue weighted by molar-refractivity contribution is -0.143. The highest BCUT2D eigenvalue weighted by molar-refractivity contribution is 5.82. The molecule has 2 aliphatic heterocycles. The van der Waals surface area contributed by atoms with Crippen molar-refractivity contribution in [2.45, 2.75) is 64.7 Å². The van der Waals surface area contributed by atoms with Crippen molar-refractivity contribution >= 4 is 5.91 Å². The van der Waals surface area contributed by atoms with Gasteiger partial charge in [-0.2, -0.15) is 5.26 Å². The minimum atomic E-state index is -0.0370. The molecule has 5 nitrogen and oxygen atoms in total. The van der Waals surface area contributed by atoms with Gasteiger partial charge in [-0.25, -0.2) is 0 Å². The highest BCUT2D eigenvalue weighted by Crippen LogP contribution is 2.24. The lowest BCUT2D eigenvalue weighted by Crippen LogP contribution is -2.58. The van der Waals surface area contributed by atoms with Crippen molar-refractivity contribution < 1.29 is 4.79 Å². The molecule has 27 heavy (non-hydrogen) atoms. The number of rotatable bonds is 4. The molecule has 0 aliphatic carbocycles. The van der Waals surface area contributed by atoms with E-state index in [4.69, 9.17) is 5.26 Å². The lowest BCUT2D eigenvalue weighted by Gasteiger charge is -2.44. The molecule has 2 saturated heterocycles. The van der Waals surface area contributed by atoms with Gasteiger partial charge in [0.05, 0.1) is 17.7 Å². The van der Waals surface area contributed by atoms with E-state index in [0.717, 1.165) is 45.6 Å². The molecule has 1 amide bonds. The normalized spacial score (nSPS) is 25.8. The van der Waals surface area contributed by atoms with Gasteiger partial charge in [0.2, 0.25) is 5.91 Å². The third kappa shape index (κ3) is 4.69. The van der Waals surface area contributed by atoms with E-state index in [0.29, 0.717) is 23.6 Å². The van der Waals surface area contributed by atoms with Crippen LogP contribution < -0.4 is 0 Å². The smallest absolute Gasteiger partial charge is 0.240 e. The highest BCUT2D eigenvalue weighted by Gasteiger charge is 2.34. The van der Waals surface area contributed by atoms with Crippen molar-refractivity contribution in [2.75, 3.05) is 26.2 Å². The molecule has 1 aromatic rings. The summed E-state index contributed by atoms with van der Waals surface area (Å²) in [5.74, 6) is 0.301. The molecule has 0 aromatic heterocycles. The zero-order chi connectivity index (χ0) is 19.4. The van der Waals surface area contributed by atoms with E-state index in [2.05, 4.69) is 41.5 Å². The second-order valence-electron chi connectivity index (χ2n) is 8.17. The van der Waals surface area contributed by atoms with E-state index in [-0.39, 0.29) is 6.04 Å². The van der Waals surface area contributed by atoms with Gasteiger partial charge in [-0.05, 0) is 57.7 Å². The number of carbonyl (C=O) groups is 1. The molecule has 1 aromatic carbocycles. The quantitative estimate of drug-likeness (QED) is 0.820. The molecule has 2 heterocycles. The van der Waals surface area contributed by atoms with Crippen LogP contribution in [0.4, 0.5) is 0 Å². The maximum Gasteiger partial charge on any atom is 0.240 e. The SMILES string of the molecule is C[C@H](C(=O)N1[C@H](C)CCC[C@H]1C)N1CCN(Cc2ccc(C#N)cc2)CC1. The molecule has 2 fully saturated rings. The molecule has 0 bridgehead atoms. The first-order chi connectivity index (χ1) is 13.0. The van der Waals surface area contributed by atoms with Crippen LogP contribution in [-0.4, -0.2) is 64.9 Å². The van der Waals surface area contributed by atoms with E-state index in [1.807, 2.05) is 24.3 Å². The van der Waals surface area contributed by atoms with E-state index in [1.165, 1.54) is 12.0 Å². The Morgan fingerprint density at radius 3 is 2.26 bits per heavy atom. The minimum Gasteiger partial charge on any atom is -0.336 e. The molecular weight excluding hydrogens is 336 g/mol. The van der Waals surface area contributed by atoms with Gasteiger partial charge in [-0.15, -0.1) is 0 Å². The Hall–Kier alpha value is -1.90. The summed E-state index contributed by atoms with van der Waals surface area (Å²) in [4.78, 5) is 20.0. The summed E-state index contributed by atoms with van der Waals surface area (Å²) in [6.45, 7) is 11.2. The summed E-state index contributed by atoms with van der Waals surface area (Å²) < 4.78 is 0. The Bertz CT molecular complexity index is 663. The van der Waals surface area contributed by atoms with Gasteiger partial charge < -0.3 is 4.90 Å². The number of nitrogens with zero attached hydrogens (tertiary/aromatic N) is 4. The Morgan fingerprint density at radius 1 is 1.11 bits per heavy atom. The number of carbonyl (C=O) groups excluding carboxylic acids is 1. The first kappa shape index (κ1) is 19.9. The summed E-state index contributed by atoms with van der Waals surface area (Å²) in [5.41, 5.74) is 1.94. The largest absolute Gasteiger partial charge is 0.336 e. The summed E-state index contributed by atoms with van der Waals surface area (Å²) in [6, 6.07) is 10.7. The van der Waals surface area contributed by atoms with E-state index < -0.39 is 0 Å². The van der Waals surface area contributed by atoms with Crippen LogP contribution in [0, 0.1) is 11.3 Å². The molecule has 3 atom stereocenters. The zero-order valence-corrected chi connectivity index (χ0v) is 16.9. The first-order valence-corrected chi connectivity index (χ1v) is 10.3. The van der Waals surface area contributed by atoms with Gasteiger partial charge >= 0.3 is 0 Å². The zero-order valence-electron chi connectivity index (χ0n) is 16.9. The molecule has 5 heteroatoms. The number of hydrogen-bond donors (Lipinski definition) is 0. The monoisotopic (exact) mass is 368 g/mol. The van der Waals surface area contributed by atoms with Crippen LogP contribution in [0.2, 0.25) is 0 Å². The van der Waals surface area contributed by atoms with Crippen molar-refractivity contribution in [1.82, 2.24) is 14.7 Å². The second-order valence-corrected chi connectivity index (χ2v) is 8.17. The molecule has 0 radical (unpaired) electrons. The Morgan fingerprint density at radius 2 is 1.70 bits per heavy atom. The standard InChI is InChI=1S/C22H32N4O/c1-17-5-4-6-18(2)26(17)22(27)19(3)25-13-11-24(12-14-25)16-21-9-7-20(15-23)8-10-21/h7-10,17-19H,4-6,11-14,16H2,1-3H3/t17-,18-,19-/m1/s1. The van der Waals surface area contributed by atoms with Crippen LogP contribution in [0.3, 0.4) is 0 Å². The fourth-order valence-electron chi connectivity index (χ4n) is 4.48. The van der Waals surface area contributed by atoms with Crippen LogP contribution in [0.15, 0.2) is 24.3 Å². The topological polar surface area (TPSA) is 50.6 Å². The van der Waals surface area contributed by atoms with Gasteiger partial charge in [0.1, 0.15) is 0 Å². The molecule has 2 aliphatic rings. The van der Waals surface area contributed by atoms with Crippen LogP contribution in [0.25, 0.3) is 0 Å². The van der Waals surface area contributed by atoms with Crippen LogP contribution >= 0.6 is 0 Å². The average molecular weight is 369 g/mol. The van der Waals surface area contributed by atoms with Crippen molar-refractivity contribution in [3.05, 3.63) is 35.4 Å². The van der Waals surface area contributed by atoms with Gasteiger partial charge in [0, 0.05) is 44.8 Å². The third-order valence-electron chi connectivity index (χ3n) is 6.25. The highest BCUT2D eigenvalue weighted by atomic mass is 16.2. The van der Waals surface area contributed by atoms with Crippen molar-refractivity contribution in [3.8, 4) is 6.07 Å². The molecule has 0 N–H and O–H groups in total. The summed E-state index contributed by atoms with van der Waals surface area (Å²) in [5, 5.41) is 8.91. The van der Waals surface area contributed by atoms with Gasteiger partial charge in [-0.1, -0.05) is 12.1 Å². The molecular formula is C22H32N4O. The number of piperidine rings is 1. The predicted octanol–water partition coefficient (Wildman–Crippen LogP) is 2.85. The number of amides is 1. The molecule has 0 unspecified atom stereocenters. The lowest BCUT2D eigenvalue weighted by atomic mass is 9.96. The number of piperazine rings is 1. The molecule has 0 spiro atoms. The number of nitriles is 1. The van der Waals surface area contributed by atoms with Crippen LogP contribution in [-0.2, 0) is 11.3 Å². The van der Waals surface area contributed by atoms with E-state index >= 15 is 0 Å². The Balaban J connectivity index is 1.52. The number of likely N-dealkylation sites (tertiary alicyclic amines) is 1. The number of hydrogen-bond acceptors (Lipinski definition) is 4. The summed E-state index contributed by atoms with van der Waals surface area (Å²) >= 11 is 0. The van der Waals surface area contributed by atoms with E-state index in [1.54, 1.807) is 0 Å². The average Bonchev–Trinajstić information content (AvgIpc) is 2.68. The fourth-order valence-corrected chi connectivity index (χ4v) is 4.48. The third-order valence-corrected chi connectivity index (χ3v) is 6.25. The molecule has 0 saturated carbocycles. The predicted molar refractivity (Wildman–Crippen MR) is 107 cm³/mol. The maximum absolute atomic E-state index is 13.1. The Kier molecular flexibility index (Phi) is 6.51. The van der Waals surface area contributed by atoms with Crippen LogP contribution in [0.1, 0.15) is 51.2 Å². The maximum atomic E-state index is 13.1. The second kappa shape index (κ2) is 8.86. The summed E-state index contributed by atoms with van der Waals surface area (Å²) in [7, 11) is 0. The molecule has 146 valence electrons. The van der Waals surface area contributed by atoms with Gasteiger partial charge in [0.15, 0.2) is 0 Å². The number of benzene rings is 1. The summed E-state index contributed by atoms with van der Waals surface area (Å²) in [6.07, 6.45) is 3.48. The van der Waals surface area contributed by atoms with Gasteiger partial charge in [0.25, 0.3) is 0 Å². The van der Waals surface area contributed by atoms with Crippen LogP contribution in [0.5, 0.6) is 0 Å². The van der Waals surface area contributed by atoms with E-state index in [9.17, 15) is 4.79 Å². The first-order valence-electron chi connectivity index (χ1n) is 10.3. The van der Waals surface area contributed by atoms with Crippen molar-refractivity contribution in [1.29, 1.82) is 5.26 Å². The fraction of sp³-hybridized carbons (Fsp3) is 0.636. The van der Waals surface area contributed by atoms with Gasteiger partial charge in [-0.3, -0.25) is 14.6 Å². The van der Waals surface area contributed by atoms with Crippen molar-refractivity contribution in [3.63, 3.8) is 0 Å². The molecule has 3 rings (SSSR count). The van der Waals surface area contributed by atoms with Crippen molar-refractivity contribution in [2.24, 2.45) is 0 Å². The minimum absolute atomic E-state index is 0.0370. The Labute approximate surface area is 163 Å².